The molecule has 9 aromatic rings. The predicted molar refractivity (Wildman–Crippen MR) is 213 cm³/mol. The van der Waals surface area contributed by atoms with E-state index in [1.807, 2.05) is 24.3 Å². The molecule has 0 amide bonds. The van der Waals surface area contributed by atoms with Gasteiger partial charge in [0.25, 0.3) is 0 Å². The van der Waals surface area contributed by atoms with Gasteiger partial charge in [-0.15, -0.1) is 0 Å². The van der Waals surface area contributed by atoms with Crippen LogP contribution in [0, 0.1) is 0 Å². The second-order valence-electron chi connectivity index (χ2n) is 13.0. The van der Waals surface area contributed by atoms with Crippen molar-refractivity contribution in [2.75, 3.05) is 0 Å². The van der Waals surface area contributed by atoms with Crippen molar-refractivity contribution >= 4 is 54.9 Å². The molecular weight excluding hydrogens is 621 g/mol. The van der Waals surface area contributed by atoms with Gasteiger partial charge in [-0.1, -0.05) is 140 Å². The number of para-hydroxylation sites is 3. The Kier molecular flexibility index (Phi) is 6.85. The molecule has 4 nitrogen and oxygen atoms in total. The lowest BCUT2D eigenvalue weighted by atomic mass is 10.0. The van der Waals surface area contributed by atoms with E-state index in [-0.39, 0.29) is 0 Å². The molecule has 3 aromatic heterocycles. The van der Waals surface area contributed by atoms with Crippen molar-refractivity contribution in [3.05, 3.63) is 188 Å². The van der Waals surface area contributed by atoms with Crippen molar-refractivity contribution in [2.24, 2.45) is 0 Å². The smallest absolute Gasteiger partial charge is 0.160 e. The monoisotopic (exact) mass is 652 g/mol. The highest BCUT2D eigenvalue weighted by Gasteiger charge is 2.22. The number of nitrogens with zero attached hydrogens (tertiary/aromatic N) is 4. The van der Waals surface area contributed by atoms with Gasteiger partial charge in [-0.05, 0) is 48.9 Å². The summed E-state index contributed by atoms with van der Waals surface area (Å²) in [6.45, 7) is 0. The van der Waals surface area contributed by atoms with Crippen LogP contribution in [-0.2, 0) is 0 Å². The van der Waals surface area contributed by atoms with Gasteiger partial charge in [0.05, 0.1) is 39.2 Å². The maximum atomic E-state index is 5.25. The van der Waals surface area contributed by atoms with E-state index in [0.717, 1.165) is 56.9 Å². The number of fused-ring (bicyclic) bond motifs is 6. The molecule has 10 rings (SSSR count). The molecule has 0 unspecified atom stereocenters. The third kappa shape index (κ3) is 4.84. The summed E-state index contributed by atoms with van der Waals surface area (Å²) >= 11 is 0. The Hall–Kier alpha value is -6.78. The molecule has 0 saturated carbocycles. The minimum absolute atomic E-state index is 0.707. The third-order valence-corrected chi connectivity index (χ3v) is 9.96. The molecule has 4 heteroatoms. The average molecular weight is 653 g/mol. The lowest BCUT2D eigenvalue weighted by Crippen LogP contribution is -2.04. The maximum absolute atomic E-state index is 5.25. The van der Waals surface area contributed by atoms with E-state index in [4.69, 9.17) is 9.97 Å². The van der Waals surface area contributed by atoms with Crippen LogP contribution in [0.3, 0.4) is 0 Å². The summed E-state index contributed by atoms with van der Waals surface area (Å²) in [6, 6.07) is 55.8. The normalized spacial score (nSPS) is 13.2. The summed E-state index contributed by atoms with van der Waals surface area (Å²) < 4.78 is 4.82. The number of rotatable bonds is 5. The second kappa shape index (κ2) is 12.0. The van der Waals surface area contributed by atoms with E-state index in [1.54, 1.807) is 0 Å². The van der Waals surface area contributed by atoms with Gasteiger partial charge in [-0.25, -0.2) is 9.97 Å². The largest absolute Gasteiger partial charge is 0.309 e. The van der Waals surface area contributed by atoms with Gasteiger partial charge in [-0.2, -0.15) is 0 Å². The Bertz CT molecular complexity index is 2760. The van der Waals surface area contributed by atoms with Crippen molar-refractivity contribution in [2.45, 2.75) is 6.42 Å². The highest BCUT2D eigenvalue weighted by Crippen LogP contribution is 2.40. The van der Waals surface area contributed by atoms with Crippen molar-refractivity contribution < 1.29 is 0 Å². The van der Waals surface area contributed by atoms with Crippen LogP contribution in [0.15, 0.2) is 182 Å². The van der Waals surface area contributed by atoms with Crippen LogP contribution >= 0.6 is 0 Å². The molecule has 0 N–H and O–H groups in total. The molecular formula is C47H32N4. The maximum Gasteiger partial charge on any atom is 0.160 e. The minimum Gasteiger partial charge on any atom is -0.309 e. The van der Waals surface area contributed by atoms with Crippen LogP contribution in [0.2, 0.25) is 0 Å². The van der Waals surface area contributed by atoms with Crippen LogP contribution in [0.5, 0.6) is 0 Å². The highest BCUT2D eigenvalue weighted by molar-refractivity contribution is 6.15. The minimum atomic E-state index is 0.707. The first-order valence-corrected chi connectivity index (χ1v) is 17.4. The molecule has 1 aliphatic carbocycles. The fourth-order valence-corrected chi connectivity index (χ4v) is 7.66. The first-order valence-electron chi connectivity index (χ1n) is 17.4. The van der Waals surface area contributed by atoms with Crippen molar-refractivity contribution in [3.8, 4) is 28.3 Å². The van der Waals surface area contributed by atoms with Gasteiger partial charge in [0.2, 0.25) is 0 Å². The van der Waals surface area contributed by atoms with Crippen LogP contribution in [-0.4, -0.2) is 19.1 Å². The number of benzene rings is 6. The van der Waals surface area contributed by atoms with E-state index in [9.17, 15) is 0 Å². The zero-order valence-electron chi connectivity index (χ0n) is 27.8. The molecule has 6 aromatic carbocycles. The van der Waals surface area contributed by atoms with Gasteiger partial charge >= 0.3 is 0 Å². The quantitative estimate of drug-likeness (QED) is 0.185. The Balaban J connectivity index is 1.19. The first-order chi connectivity index (χ1) is 25.3. The molecule has 0 fully saturated rings. The molecule has 51 heavy (non-hydrogen) atoms. The second-order valence-corrected chi connectivity index (χ2v) is 13.0. The van der Waals surface area contributed by atoms with Crippen molar-refractivity contribution in [1.29, 1.82) is 0 Å². The van der Waals surface area contributed by atoms with Gasteiger partial charge < -0.3 is 9.13 Å². The summed E-state index contributed by atoms with van der Waals surface area (Å²) in [6.07, 6.45) is 9.70. The summed E-state index contributed by atoms with van der Waals surface area (Å²) in [5.74, 6) is 0.707. The van der Waals surface area contributed by atoms with E-state index in [1.165, 1.54) is 32.6 Å². The number of hydrogen-bond donors (Lipinski definition) is 0. The number of aromatic nitrogens is 4. The van der Waals surface area contributed by atoms with Crippen molar-refractivity contribution in [1.82, 2.24) is 19.1 Å². The third-order valence-electron chi connectivity index (χ3n) is 9.96. The standard InChI is InChI=1S/C47H32N4/c1-4-16-32(17-5-1)40-31-41(49-47(48-40)33-18-6-2-7-19-33)38-23-8-3-9-24-45(38)51-44-27-15-12-22-37(44)39-30-34(28-29-46(39)51)50-42-25-13-10-20-35(42)36-21-11-14-26-43(36)50/h1-8,10-31H,9H2. The van der Waals surface area contributed by atoms with E-state index in [2.05, 4.69) is 167 Å². The first kappa shape index (κ1) is 29.2. The molecule has 3 heterocycles. The Morgan fingerprint density at radius 2 is 1.00 bits per heavy atom. The molecule has 0 bridgehead atoms. The van der Waals surface area contributed by atoms with E-state index >= 15 is 0 Å². The Morgan fingerprint density at radius 3 is 1.69 bits per heavy atom. The summed E-state index contributed by atoms with van der Waals surface area (Å²) in [5.41, 5.74) is 11.8. The lowest BCUT2D eigenvalue weighted by Gasteiger charge is -2.17. The zero-order valence-corrected chi connectivity index (χ0v) is 27.8. The molecule has 0 radical (unpaired) electrons. The van der Waals surface area contributed by atoms with Crippen LogP contribution in [0.25, 0.3) is 83.2 Å². The number of hydrogen-bond acceptors (Lipinski definition) is 2. The highest BCUT2D eigenvalue weighted by atomic mass is 15.0. The molecule has 1 aliphatic rings. The molecule has 0 spiro atoms. The number of allylic oxidation sites excluding steroid dienone is 6. The van der Waals surface area contributed by atoms with Crippen molar-refractivity contribution in [3.63, 3.8) is 0 Å². The van der Waals surface area contributed by atoms with Gasteiger partial charge in [0.1, 0.15) is 0 Å². The van der Waals surface area contributed by atoms with Crippen LogP contribution < -0.4 is 0 Å². The van der Waals surface area contributed by atoms with Gasteiger partial charge in [0.15, 0.2) is 5.82 Å². The fourth-order valence-electron chi connectivity index (χ4n) is 7.66. The Morgan fingerprint density at radius 1 is 0.451 bits per heavy atom. The SMILES string of the molecule is C1=CCC=C(n2c3ccccc3c3cc(-n4c5ccccc5c5ccccc54)ccc32)C(c2cc(-c3ccccc3)nc(-c3ccccc3)n2)=C1. The molecule has 0 atom stereocenters. The fraction of sp³-hybridized carbons (Fsp3) is 0.0213. The Labute approximate surface area is 295 Å². The summed E-state index contributed by atoms with van der Waals surface area (Å²) in [7, 11) is 0. The molecule has 0 aliphatic heterocycles. The summed E-state index contributed by atoms with van der Waals surface area (Å²) in [5, 5.41) is 4.94. The van der Waals surface area contributed by atoms with Crippen LogP contribution in [0.4, 0.5) is 0 Å². The zero-order chi connectivity index (χ0) is 33.7. The van der Waals surface area contributed by atoms with E-state index < -0.39 is 0 Å². The van der Waals surface area contributed by atoms with Crippen LogP contribution in [0.1, 0.15) is 12.1 Å². The molecule has 0 saturated heterocycles. The molecule has 240 valence electrons. The average Bonchev–Trinajstić information content (AvgIpc) is 3.59. The lowest BCUT2D eigenvalue weighted by molar-refractivity contribution is 1.14. The van der Waals surface area contributed by atoms with E-state index in [0.29, 0.717) is 5.82 Å². The predicted octanol–water partition coefficient (Wildman–Crippen LogP) is 11.9. The van der Waals surface area contributed by atoms with Gasteiger partial charge in [-0.3, -0.25) is 0 Å². The summed E-state index contributed by atoms with van der Waals surface area (Å²) in [4.78, 5) is 10.3. The topological polar surface area (TPSA) is 35.6 Å². The van der Waals surface area contributed by atoms with Gasteiger partial charge in [0, 0.05) is 43.9 Å².